The van der Waals surface area contributed by atoms with Gasteiger partial charge in [0, 0.05) is 24.7 Å². The molecule has 1 saturated carbocycles. The average Bonchev–Trinajstić information content (AvgIpc) is 2.49. The molecule has 2 fully saturated rings. The molecule has 0 bridgehead atoms. The van der Waals surface area contributed by atoms with Crippen molar-refractivity contribution in [2.24, 2.45) is 11.8 Å². The van der Waals surface area contributed by atoms with Gasteiger partial charge in [0.2, 0.25) is 0 Å². The second-order valence-corrected chi connectivity index (χ2v) is 8.14. The monoisotopic (exact) mass is 294 g/mol. The minimum absolute atomic E-state index is 0.499. The lowest BCUT2D eigenvalue weighted by molar-refractivity contribution is -0.00104. The van der Waals surface area contributed by atoms with Gasteiger partial charge in [-0.3, -0.25) is 4.90 Å². The van der Waals surface area contributed by atoms with E-state index in [4.69, 9.17) is 0 Å². The van der Waals surface area contributed by atoms with E-state index < -0.39 is 0 Å². The Balaban J connectivity index is 1.98. The fraction of sp³-hybridized carbons (Fsp3) is 1.00. The van der Waals surface area contributed by atoms with E-state index in [0.717, 1.165) is 11.8 Å². The van der Waals surface area contributed by atoms with Gasteiger partial charge in [-0.2, -0.15) is 0 Å². The molecule has 1 saturated heterocycles. The van der Waals surface area contributed by atoms with E-state index in [0.29, 0.717) is 11.6 Å². The summed E-state index contributed by atoms with van der Waals surface area (Å²) in [4.78, 5) is 2.90. The molecule has 2 rings (SSSR count). The average molecular weight is 295 g/mol. The van der Waals surface area contributed by atoms with Crippen molar-refractivity contribution in [1.82, 2.24) is 10.2 Å². The molecule has 2 atom stereocenters. The number of piperazine rings is 1. The van der Waals surface area contributed by atoms with Gasteiger partial charge in [0.1, 0.15) is 0 Å². The van der Waals surface area contributed by atoms with E-state index >= 15 is 0 Å². The summed E-state index contributed by atoms with van der Waals surface area (Å²) in [5.74, 6) is 1.65. The van der Waals surface area contributed by atoms with Crippen molar-refractivity contribution >= 4 is 0 Å². The Hall–Kier alpha value is -0.0800. The van der Waals surface area contributed by atoms with Crippen LogP contribution in [-0.2, 0) is 0 Å². The van der Waals surface area contributed by atoms with Gasteiger partial charge in [0.25, 0.3) is 0 Å². The molecule has 2 heteroatoms. The summed E-state index contributed by atoms with van der Waals surface area (Å²) in [7, 11) is 0. The molecule has 1 N–H and O–H groups in total. The van der Waals surface area contributed by atoms with Gasteiger partial charge in [-0.05, 0) is 44.1 Å². The number of nitrogens with one attached hydrogen (secondary N) is 1. The Morgan fingerprint density at radius 2 is 1.86 bits per heavy atom. The quantitative estimate of drug-likeness (QED) is 0.779. The smallest absolute Gasteiger partial charge is 0.0334 e. The normalized spacial score (nSPS) is 28.1. The lowest BCUT2D eigenvalue weighted by Crippen LogP contribution is -2.66. The maximum absolute atomic E-state index is 3.92. The predicted octanol–water partition coefficient (Wildman–Crippen LogP) is 4.45. The van der Waals surface area contributed by atoms with Crippen LogP contribution in [0.3, 0.4) is 0 Å². The van der Waals surface area contributed by atoms with Crippen LogP contribution in [0, 0.1) is 11.8 Å². The maximum Gasteiger partial charge on any atom is 0.0334 e. The van der Waals surface area contributed by atoms with Crippen molar-refractivity contribution in [3.05, 3.63) is 0 Å². The molecule has 21 heavy (non-hydrogen) atoms. The second kappa shape index (κ2) is 7.97. The maximum atomic E-state index is 3.92. The minimum Gasteiger partial charge on any atom is -0.311 e. The molecule has 0 aromatic rings. The van der Waals surface area contributed by atoms with Crippen LogP contribution in [-0.4, -0.2) is 36.1 Å². The Morgan fingerprint density at radius 1 is 1.14 bits per heavy atom. The zero-order valence-electron chi connectivity index (χ0n) is 15.0. The summed E-state index contributed by atoms with van der Waals surface area (Å²) in [6.07, 6.45) is 11.2. The summed E-state index contributed by atoms with van der Waals surface area (Å²) in [6.45, 7) is 13.3. The molecular formula is C19H38N2. The summed E-state index contributed by atoms with van der Waals surface area (Å²) in [5, 5.41) is 3.92. The molecule has 0 amide bonds. The van der Waals surface area contributed by atoms with E-state index in [1.807, 2.05) is 0 Å². The van der Waals surface area contributed by atoms with Crippen LogP contribution in [0.1, 0.15) is 79.1 Å². The molecule has 0 aromatic heterocycles. The first-order valence-corrected chi connectivity index (χ1v) is 9.56. The van der Waals surface area contributed by atoms with E-state index in [1.54, 1.807) is 0 Å². The van der Waals surface area contributed by atoms with Crippen LogP contribution in [0.5, 0.6) is 0 Å². The number of hydrogen-bond donors (Lipinski definition) is 1. The standard InChI is InChI=1S/C19H38N2/c1-5-17(4)18-14-21(13-9-10-16(2)3)19(15-20-18)11-7-6-8-12-19/h16-18,20H,5-15H2,1-4H3. The van der Waals surface area contributed by atoms with Gasteiger partial charge in [0.05, 0.1) is 0 Å². The van der Waals surface area contributed by atoms with E-state index in [9.17, 15) is 0 Å². The highest BCUT2D eigenvalue weighted by Crippen LogP contribution is 2.36. The van der Waals surface area contributed by atoms with Crippen molar-refractivity contribution in [2.45, 2.75) is 90.6 Å². The Kier molecular flexibility index (Phi) is 6.55. The van der Waals surface area contributed by atoms with Gasteiger partial charge < -0.3 is 5.32 Å². The third-order valence-electron chi connectivity index (χ3n) is 6.11. The third kappa shape index (κ3) is 4.45. The Labute approximate surface area is 133 Å². The highest BCUT2D eigenvalue weighted by molar-refractivity contribution is 5.01. The molecule has 1 spiro atoms. The number of hydrogen-bond acceptors (Lipinski definition) is 2. The second-order valence-electron chi connectivity index (χ2n) is 8.14. The molecule has 0 aromatic carbocycles. The van der Waals surface area contributed by atoms with Crippen molar-refractivity contribution in [2.75, 3.05) is 19.6 Å². The fourth-order valence-electron chi connectivity index (χ4n) is 4.32. The van der Waals surface area contributed by atoms with Crippen molar-refractivity contribution in [3.63, 3.8) is 0 Å². The summed E-state index contributed by atoms with van der Waals surface area (Å²) in [5.41, 5.74) is 0.499. The SMILES string of the molecule is CCC(C)C1CN(CCCC(C)C)C2(CCCCC2)CN1. The van der Waals surface area contributed by atoms with Gasteiger partial charge in [-0.25, -0.2) is 0 Å². The first-order chi connectivity index (χ1) is 10.1. The van der Waals surface area contributed by atoms with Crippen LogP contribution in [0.4, 0.5) is 0 Å². The lowest BCUT2D eigenvalue weighted by atomic mass is 9.77. The third-order valence-corrected chi connectivity index (χ3v) is 6.11. The van der Waals surface area contributed by atoms with Crippen LogP contribution < -0.4 is 5.32 Å². The van der Waals surface area contributed by atoms with Gasteiger partial charge in [-0.15, -0.1) is 0 Å². The van der Waals surface area contributed by atoms with Crippen molar-refractivity contribution in [3.8, 4) is 0 Å². The Morgan fingerprint density at radius 3 is 2.48 bits per heavy atom. The lowest BCUT2D eigenvalue weighted by Gasteiger charge is -2.53. The molecule has 124 valence electrons. The highest BCUT2D eigenvalue weighted by Gasteiger charge is 2.42. The first kappa shape index (κ1) is 17.3. The molecule has 2 aliphatic rings. The molecular weight excluding hydrogens is 256 g/mol. The molecule has 2 nitrogen and oxygen atoms in total. The first-order valence-electron chi connectivity index (χ1n) is 9.56. The van der Waals surface area contributed by atoms with Gasteiger partial charge in [0.15, 0.2) is 0 Å². The summed E-state index contributed by atoms with van der Waals surface area (Å²) in [6, 6.07) is 0.710. The van der Waals surface area contributed by atoms with Gasteiger partial charge in [-0.1, -0.05) is 53.4 Å². The van der Waals surface area contributed by atoms with E-state index in [-0.39, 0.29) is 0 Å². The largest absolute Gasteiger partial charge is 0.311 e. The van der Waals surface area contributed by atoms with E-state index in [1.165, 1.54) is 71.0 Å². The zero-order valence-corrected chi connectivity index (χ0v) is 15.0. The molecule has 0 radical (unpaired) electrons. The van der Waals surface area contributed by atoms with Gasteiger partial charge >= 0.3 is 0 Å². The summed E-state index contributed by atoms with van der Waals surface area (Å²) >= 11 is 0. The zero-order chi connectivity index (χ0) is 15.3. The van der Waals surface area contributed by atoms with Crippen LogP contribution in [0.25, 0.3) is 0 Å². The van der Waals surface area contributed by atoms with Crippen LogP contribution in [0.2, 0.25) is 0 Å². The minimum atomic E-state index is 0.499. The number of nitrogens with zero attached hydrogens (tertiary/aromatic N) is 1. The topological polar surface area (TPSA) is 15.3 Å². The van der Waals surface area contributed by atoms with Crippen LogP contribution in [0.15, 0.2) is 0 Å². The van der Waals surface area contributed by atoms with Crippen molar-refractivity contribution < 1.29 is 0 Å². The molecule has 1 heterocycles. The predicted molar refractivity (Wildman–Crippen MR) is 92.7 cm³/mol. The molecule has 2 unspecified atom stereocenters. The summed E-state index contributed by atoms with van der Waals surface area (Å²) < 4.78 is 0. The number of rotatable bonds is 6. The van der Waals surface area contributed by atoms with Crippen LogP contribution >= 0.6 is 0 Å². The Bertz CT molecular complexity index is 294. The van der Waals surface area contributed by atoms with Crippen molar-refractivity contribution in [1.29, 1.82) is 0 Å². The molecule has 1 aliphatic carbocycles. The fourth-order valence-corrected chi connectivity index (χ4v) is 4.32. The van der Waals surface area contributed by atoms with E-state index in [2.05, 4.69) is 37.9 Å². The molecule has 1 aliphatic heterocycles. The highest BCUT2D eigenvalue weighted by atomic mass is 15.3.